The van der Waals surface area contributed by atoms with E-state index in [1.807, 2.05) is 6.26 Å². The van der Waals surface area contributed by atoms with Gasteiger partial charge in [0, 0.05) is 19.2 Å². The van der Waals surface area contributed by atoms with Crippen molar-refractivity contribution in [1.29, 1.82) is 0 Å². The van der Waals surface area contributed by atoms with Crippen LogP contribution in [0.4, 0.5) is 5.82 Å². The van der Waals surface area contributed by atoms with Crippen molar-refractivity contribution in [2.24, 2.45) is 0 Å². The first-order chi connectivity index (χ1) is 8.07. The number of hydrogen-bond acceptors (Lipinski definition) is 6. The van der Waals surface area contributed by atoms with Crippen LogP contribution in [0.3, 0.4) is 0 Å². The average molecular weight is 276 g/mol. The molecule has 2 N–H and O–H groups in total. The van der Waals surface area contributed by atoms with Gasteiger partial charge in [0.25, 0.3) is 0 Å². The molecule has 8 heteroatoms. The molecule has 0 spiro atoms. The molecule has 1 heterocycles. The van der Waals surface area contributed by atoms with Gasteiger partial charge in [0.05, 0.1) is 5.75 Å². The molecule has 0 saturated heterocycles. The van der Waals surface area contributed by atoms with E-state index in [4.69, 9.17) is 0 Å². The van der Waals surface area contributed by atoms with Crippen LogP contribution >= 0.6 is 11.8 Å². The summed E-state index contributed by atoms with van der Waals surface area (Å²) in [5.41, 5.74) is 0. The van der Waals surface area contributed by atoms with E-state index in [-0.39, 0.29) is 5.75 Å². The summed E-state index contributed by atoms with van der Waals surface area (Å²) in [7, 11) is -3.18. The van der Waals surface area contributed by atoms with Crippen LogP contribution in [0.5, 0.6) is 0 Å². The Morgan fingerprint density at radius 3 is 2.82 bits per heavy atom. The lowest BCUT2D eigenvalue weighted by atomic mass is 10.5. The highest BCUT2D eigenvalue weighted by molar-refractivity contribution is 7.98. The maximum atomic E-state index is 11.4. The molecule has 0 aliphatic carbocycles. The van der Waals surface area contributed by atoms with Crippen molar-refractivity contribution >= 4 is 27.6 Å². The number of thioether (sulfide) groups is 1. The Morgan fingerprint density at radius 1 is 1.41 bits per heavy atom. The van der Waals surface area contributed by atoms with E-state index in [1.165, 1.54) is 18.1 Å². The van der Waals surface area contributed by atoms with E-state index in [1.54, 1.807) is 13.0 Å². The van der Waals surface area contributed by atoms with E-state index >= 15 is 0 Å². The molecule has 0 bridgehead atoms. The summed E-state index contributed by atoms with van der Waals surface area (Å²) in [5.74, 6) is 0.662. The summed E-state index contributed by atoms with van der Waals surface area (Å²) < 4.78 is 25.1. The molecule has 0 atom stereocenters. The standard InChI is InChI=1S/C9H16N4O2S2/c1-3-13-17(14,15)5-4-10-8-6-9(16-2)12-7-11-8/h6-7,13H,3-5H2,1-2H3,(H,10,11,12). The third-order valence-corrected chi connectivity index (χ3v) is 4.00. The molecule has 1 aromatic rings. The Labute approximate surface area is 106 Å². The van der Waals surface area contributed by atoms with Crippen molar-refractivity contribution in [1.82, 2.24) is 14.7 Å². The van der Waals surface area contributed by atoms with Crippen molar-refractivity contribution in [2.45, 2.75) is 11.9 Å². The number of nitrogens with one attached hydrogen (secondary N) is 2. The third kappa shape index (κ3) is 5.33. The number of rotatable bonds is 7. The predicted molar refractivity (Wildman–Crippen MR) is 69.8 cm³/mol. The first kappa shape index (κ1) is 14.2. The Hall–Kier alpha value is -0.860. The maximum absolute atomic E-state index is 11.4. The summed E-state index contributed by atoms with van der Waals surface area (Å²) >= 11 is 1.51. The average Bonchev–Trinajstić information content (AvgIpc) is 2.29. The summed E-state index contributed by atoms with van der Waals surface area (Å²) in [6, 6.07) is 1.78. The smallest absolute Gasteiger partial charge is 0.213 e. The molecule has 6 nitrogen and oxygen atoms in total. The Morgan fingerprint density at radius 2 is 2.18 bits per heavy atom. The fraction of sp³-hybridized carbons (Fsp3) is 0.556. The third-order valence-electron chi connectivity index (χ3n) is 1.89. The molecule has 96 valence electrons. The first-order valence-electron chi connectivity index (χ1n) is 5.14. The Balaban J connectivity index is 2.45. The largest absolute Gasteiger partial charge is 0.369 e. The predicted octanol–water partition coefficient (Wildman–Crippen LogP) is 0.550. The summed E-state index contributed by atoms with van der Waals surface area (Å²) in [4.78, 5) is 8.03. The van der Waals surface area contributed by atoms with Crippen LogP contribution in [0.25, 0.3) is 0 Å². The quantitative estimate of drug-likeness (QED) is 0.559. The van der Waals surface area contributed by atoms with Crippen molar-refractivity contribution in [2.75, 3.05) is 30.4 Å². The van der Waals surface area contributed by atoms with Gasteiger partial charge in [-0.3, -0.25) is 0 Å². The minimum absolute atomic E-state index is 0.0272. The zero-order valence-electron chi connectivity index (χ0n) is 9.80. The fourth-order valence-corrected chi connectivity index (χ4v) is 2.49. The molecular formula is C9H16N4O2S2. The highest BCUT2D eigenvalue weighted by Crippen LogP contribution is 2.13. The van der Waals surface area contributed by atoms with Crippen molar-refractivity contribution in [3.05, 3.63) is 12.4 Å². The zero-order chi connectivity index (χ0) is 12.7. The summed E-state index contributed by atoms with van der Waals surface area (Å²) in [5, 5.41) is 3.79. The minimum Gasteiger partial charge on any atom is -0.369 e. The number of hydrogen-bond donors (Lipinski definition) is 2. The van der Waals surface area contributed by atoms with E-state index in [9.17, 15) is 8.42 Å². The molecule has 0 saturated carbocycles. The Bertz CT molecular complexity index is 450. The van der Waals surface area contributed by atoms with Gasteiger partial charge in [-0.1, -0.05) is 6.92 Å². The maximum Gasteiger partial charge on any atom is 0.213 e. The highest BCUT2D eigenvalue weighted by atomic mass is 32.2. The molecular weight excluding hydrogens is 260 g/mol. The molecule has 17 heavy (non-hydrogen) atoms. The van der Waals surface area contributed by atoms with Crippen molar-refractivity contribution in [3.8, 4) is 0 Å². The highest BCUT2D eigenvalue weighted by Gasteiger charge is 2.07. The van der Waals surface area contributed by atoms with Gasteiger partial charge in [0.1, 0.15) is 17.2 Å². The topological polar surface area (TPSA) is 84.0 Å². The first-order valence-corrected chi connectivity index (χ1v) is 8.02. The van der Waals surface area contributed by atoms with Crippen LogP contribution in [0, 0.1) is 0 Å². The van der Waals surface area contributed by atoms with E-state index in [2.05, 4.69) is 20.0 Å². The van der Waals surface area contributed by atoms with Gasteiger partial charge in [-0.15, -0.1) is 11.8 Å². The lowest BCUT2D eigenvalue weighted by Crippen LogP contribution is -2.29. The van der Waals surface area contributed by atoms with Crippen molar-refractivity contribution in [3.63, 3.8) is 0 Å². The molecule has 1 rings (SSSR count). The molecule has 0 aliphatic rings. The van der Waals surface area contributed by atoms with Crippen LogP contribution < -0.4 is 10.0 Å². The van der Waals surface area contributed by atoms with E-state index in [0.29, 0.717) is 18.9 Å². The van der Waals surface area contributed by atoms with Crippen LogP contribution in [0.15, 0.2) is 17.4 Å². The van der Waals surface area contributed by atoms with Gasteiger partial charge >= 0.3 is 0 Å². The summed E-state index contributed by atoms with van der Waals surface area (Å²) in [6.07, 6.45) is 3.37. The van der Waals surface area contributed by atoms with E-state index in [0.717, 1.165) is 5.03 Å². The number of aromatic nitrogens is 2. The van der Waals surface area contributed by atoms with Gasteiger partial charge in [0.2, 0.25) is 10.0 Å². The second-order valence-corrected chi connectivity index (χ2v) is 5.94. The molecule has 0 aromatic carbocycles. The van der Waals surface area contributed by atoms with Gasteiger partial charge < -0.3 is 5.32 Å². The molecule has 0 radical (unpaired) electrons. The monoisotopic (exact) mass is 276 g/mol. The lowest BCUT2D eigenvalue weighted by molar-refractivity contribution is 0.584. The lowest BCUT2D eigenvalue weighted by Gasteiger charge is -2.07. The molecule has 0 fully saturated rings. The van der Waals surface area contributed by atoms with Crippen LogP contribution in [-0.4, -0.2) is 43.5 Å². The second kappa shape index (κ2) is 6.77. The Kier molecular flexibility index (Phi) is 5.66. The van der Waals surface area contributed by atoms with Crippen LogP contribution in [0.1, 0.15) is 6.92 Å². The van der Waals surface area contributed by atoms with Crippen molar-refractivity contribution < 1.29 is 8.42 Å². The van der Waals surface area contributed by atoms with E-state index < -0.39 is 10.0 Å². The van der Waals surface area contributed by atoms with Crippen LogP contribution in [-0.2, 0) is 10.0 Å². The van der Waals surface area contributed by atoms with Gasteiger partial charge in [-0.05, 0) is 6.26 Å². The zero-order valence-corrected chi connectivity index (χ0v) is 11.4. The molecule has 0 amide bonds. The molecule has 0 aliphatic heterocycles. The molecule has 0 unspecified atom stereocenters. The fourth-order valence-electron chi connectivity index (χ4n) is 1.15. The normalized spacial score (nSPS) is 11.4. The van der Waals surface area contributed by atoms with Crippen LogP contribution in [0.2, 0.25) is 0 Å². The minimum atomic E-state index is -3.18. The van der Waals surface area contributed by atoms with Gasteiger partial charge in [0.15, 0.2) is 0 Å². The molecule has 1 aromatic heterocycles. The van der Waals surface area contributed by atoms with Gasteiger partial charge in [-0.25, -0.2) is 23.1 Å². The SMILES string of the molecule is CCNS(=O)(=O)CCNc1cc(SC)ncn1. The number of sulfonamides is 1. The summed E-state index contributed by atoms with van der Waals surface area (Å²) in [6.45, 7) is 2.48. The number of anilines is 1. The number of nitrogens with zero attached hydrogens (tertiary/aromatic N) is 2. The van der Waals surface area contributed by atoms with Gasteiger partial charge in [-0.2, -0.15) is 0 Å². The second-order valence-electron chi connectivity index (χ2n) is 3.19.